The van der Waals surface area contributed by atoms with Gasteiger partial charge in [0.25, 0.3) is 0 Å². The van der Waals surface area contributed by atoms with Crippen LogP contribution in [0, 0.1) is 0 Å². The molecule has 0 spiro atoms. The smallest absolute Gasteiger partial charge is 0.146 e. The summed E-state index contributed by atoms with van der Waals surface area (Å²) in [4.78, 5) is 4.83. The minimum Gasteiger partial charge on any atom is -0.494 e. The zero-order chi connectivity index (χ0) is 21.6. The Balaban J connectivity index is 1.58. The molecule has 3 nitrogen and oxygen atoms in total. The number of nitrogens with zero attached hydrogens (tertiary/aromatic N) is 1. The average Bonchev–Trinajstić information content (AvgIpc) is 2.79. The van der Waals surface area contributed by atoms with E-state index in [0.29, 0.717) is 18.2 Å². The summed E-state index contributed by atoms with van der Waals surface area (Å²) in [7, 11) is 0. The molecule has 0 aliphatic heterocycles. The molecule has 1 heterocycles. The molecule has 0 saturated carbocycles. The number of hydrogen-bond donors (Lipinski definition) is 0. The third kappa shape index (κ3) is 5.46. The van der Waals surface area contributed by atoms with Crippen LogP contribution in [-0.4, -0.2) is 11.6 Å². The molecule has 5 heteroatoms. The van der Waals surface area contributed by atoms with E-state index in [2.05, 4.69) is 22.0 Å². The lowest BCUT2D eigenvalue weighted by Crippen LogP contribution is -1.97. The van der Waals surface area contributed by atoms with E-state index in [-0.39, 0.29) is 0 Å². The Bertz CT molecular complexity index is 1220. The van der Waals surface area contributed by atoms with Gasteiger partial charge in [-0.05, 0) is 66.6 Å². The van der Waals surface area contributed by atoms with Crippen LogP contribution in [0.25, 0.3) is 23.1 Å². The summed E-state index contributed by atoms with van der Waals surface area (Å²) in [5.74, 6) is 1.59. The number of fused-ring (bicyclic) bond motifs is 1. The van der Waals surface area contributed by atoms with E-state index < -0.39 is 0 Å². The molecule has 156 valence electrons. The molecule has 0 unspecified atom stereocenters. The largest absolute Gasteiger partial charge is 0.494 e. The summed E-state index contributed by atoms with van der Waals surface area (Å²) in [6.07, 6.45) is 4.02. The van der Waals surface area contributed by atoms with Gasteiger partial charge in [-0.1, -0.05) is 63.9 Å². The van der Waals surface area contributed by atoms with Crippen molar-refractivity contribution in [2.24, 2.45) is 0 Å². The van der Waals surface area contributed by atoms with Gasteiger partial charge >= 0.3 is 0 Å². The number of hydrogen-bond acceptors (Lipinski definition) is 3. The molecule has 0 amide bonds. The lowest BCUT2D eigenvalue weighted by Gasteiger charge is -2.10. The van der Waals surface area contributed by atoms with Crippen LogP contribution in [0.15, 0.2) is 77.3 Å². The van der Waals surface area contributed by atoms with Crippen LogP contribution in [0.5, 0.6) is 11.5 Å². The van der Waals surface area contributed by atoms with E-state index in [0.717, 1.165) is 43.7 Å². The minimum atomic E-state index is 0.454. The SMILES string of the molecule is CCOc1ccc(Br)c(/C=C\c2ccc3cccc(OCc4ccc(Cl)cc4)c3n2)c1. The molecule has 4 aromatic rings. The molecule has 3 aromatic carbocycles. The van der Waals surface area contributed by atoms with Crippen molar-refractivity contribution < 1.29 is 9.47 Å². The number of benzene rings is 3. The van der Waals surface area contributed by atoms with Crippen molar-refractivity contribution in [2.75, 3.05) is 6.61 Å². The molecule has 0 aliphatic rings. The highest BCUT2D eigenvalue weighted by Gasteiger charge is 2.06. The fourth-order valence-corrected chi connectivity index (χ4v) is 3.67. The van der Waals surface area contributed by atoms with Crippen molar-refractivity contribution in [3.8, 4) is 11.5 Å². The molecular weight excluding hydrogens is 474 g/mol. The fraction of sp³-hybridized carbons (Fsp3) is 0.115. The van der Waals surface area contributed by atoms with Crippen LogP contribution < -0.4 is 9.47 Å². The average molecular weight is 495 g/mol. The molecule has 31 heavy (non-hydrogen) atoms. The normalized spacial score (nSPS) is 11.2. The third-order valence-corrected chi connectivity index (χ3v) is 5.70. The van der Waals surface area contributed by atoms with Gasteiger partial charge in [-0.3, -0.25) is 0 Å². The predicted octanol–water partition coefficient (Wildman–Crippen LogP) is 7.80. The second-order valence-corrected chi connectivity index (χ2v) is 8.22. The molecule has 0 N–H and O–H groups in total. The molecule has 0 fully saturated rings. The monoisotopic (exact) mass is 493 g/mol. The van der Waals surface area contributed by atoms with Crippen LogP contribution in [0.2, 0.25) is 5.02 Å². The van der Waals surface area contributed by atoms with Gasteiger partial charge in [-0.15, -0.1) is 0 Å². The highest BCUT2D eigenvalue weighted by Crippen LogP contribution is 2.27. The van der Waals surface area contributed by atoms with Crippen molar-refractivity contribution in [3.05, 3.63) is 99.1 Å². The maximum Gasteiger partial charge on any atom is 0.146 e. The lowest BCUT2D eigenvalue weighted by atomic mass is 10.1. The molecule has 0 bridgehead atoms. The zero-order valence-electron chi connectivity index (χ0n) is 17.0. The molecule has 0 atom stereocenters. The third-order valence-electron chi connectivity index (χ3n) is 4.72. The number of para-hydroxylation sites is 1. The summed E-state index contributed by atoms with van der Waals surface area (Å²) in [5, 5.41) is 1.75. The van der Waals surface area contributed by atoms with Crippen molar-refractivity contribution in [2.45, 2.75) is 13.5 Å². The van der Waals surface area contributed by atoms with Gasteiger partial charge in [0.2, 0.25) is 0 Å². The van der Waals surface area contributed by atoms with E-state index >= 15 is 0 Å². The van der Waals surface area contributed by atoms with Gasteiger partial charge in [0.15, 0.2) is 0 Å². The first-order chi connectivity index (χ1) is 15.1. The van der Waals surface area contributed by atoms with Gasteiger partial charge in [0.05, 0.1) is 12.3 Å². The van der Waals surface area contributed by atoms with Crippen LogP contribution in [0.3, 0.4) is 0 Å². The van der Waals surface area contributed by atoms with Crippen molar-refractivity contribution in [3.63, 3.8) is 0 Å². The van der Waals surface area contributed by atoms with Gasteiger partial charge in [-0.25, -0.2) is 4.98 Å². The van der Waals surface area contributed by atoms with Crippen molar-refractivity contribution in [1.29, 1.82) is 0 Å². The first kappa shape index (κ1) is 21.4. The van der Waals surface area contributed by atoms with E-state index in [1.807, 2.05) is 85.8 Å². The first-order valence-corrected chi connectivity index (χ1v) is 11.2. The number of ether oxygens (including phenoxy) is 2. The van der Waals surface area contributed by atoms with Crippen molar-refractivity contribution in [1.82, 2.24) is 4.98 Å². The van der Waals surface area contributed by atoms with Crippen LogP contribution in [0.4, 0.5) is 0 Å². The summed E-state index contributed by atoms with van der Waals surface area (Å²) >= 11 is 9.56. The Labute approximate surface area is 195 Å². The first-order valence-electron chi connectivity index (χ1n) is 10.00. The molecule has 0 aliphatic carbocycles. The Hall–Kier alpha value is -2.82. The zero-order valence-corrected chi connectivity index (χ0v) is 19.4. The van der Waals surface area contributed by atoms with E-state index in [1.165, 1.54) is 0 Å². The maximum absolute atomic E-state index is 6.07. The Morgan fingerprint density at radius 1 is 0.935 bits per heavy atom. The fourth-order valence-electron chi connectivity index (χ4n) is 3.17. The molecule has 1 aromatic heterocycles. The van der Waals surface area contributed by atoms with Gasteiger partial charge in [-0.2, -0.15) is 0 Å². The lowest BCUT2D eigenvalue weighted by molar-refractivity contribution is 0.309. The van der Waals surface area contributed by atoms with E-state index in [1.54, 1.807) is 0 Å². The maximum atomic E-state index is 6.07. The highest BCUT2D eigenvalue weighted by molar-refractivity contribution is 9.10. The molecular formula is C26H21BrClNO2. The second kappa shape index (κ2) is 9.99. The summed E-state index contributed by atoms with van der Waals surface area (Å²) in [6, 6.07) is 23.6. The summed E-state index contributed by atoms with van der Waals surface area (Å²) in [5.41, 5.74) is 3.76. The minimum absolute atomic E-state index is 0.454. The van der Waals surface area contributed by atoms with Gasteiger partial charge in [0, 0.05) is 14.9 Å². The molecule has 0 radical (unpaired) electrons. The standard InChI is InChI=1S/C26H21BrClNO2/c1-2-30-23-14-15-24(27)20(16-23)9-13-22-12-8-19-4-3-5-25(26(19)29-22)31-17-18-6-10-21(28)11-7-18/h3-16H,2,17H2,1H3/b13-9-. The highest BCUT2D eigenvalue weighted by atomic mass is 79.9. The number of aromatic nitrogens is 1. The summed E-state index contributed by atoms with van der Waals surface area (Å²) < 4.78 is 12.7. The molecule has 4 rings (SSSR count). The number of pyridine rings is 1. The second-order valence-electron chi connectivity index (χ2n) is 6.93. The number of halogens is 2. The van der Waals surface area contributed by atoms with Crippen molar-refractivity contribution >= 4 is 50.6 Å². The number of rotatable bonds is 7. The Kier molecular flexibility index (Phi) is 6.90. The Morgan fingerprint density at radius 3 is 2.58 bits per heavy atom. The van der Waals surface area contributed by atoms with Crippen LogP contribution >= 0.6 is 27.5 Å². The quantitative estimate of drug-likeness (QED) is 0.263. The summed E-state index contributed by atoms with van der Waals surface area (Å²) in [6.45, 7) is 3.06. The van der Waals surface area contributed by atoms with Crippen LogP contribution in [-0.2, 0) is 6.61 Å². The molecule has 0 saturated heterocycles. The van der Waals surface area contributed by atoms with Gasteiger partial charge < -0.3 is 9.47 Å². The van der Waals surface area contributed by atoms with Crippen LogP contribution in [0.1, 0.15) is 23.7 Å². The van der Waals surface area contributed by atoms with E-state index in [4.69, 9.17) is 26.1 Å². The Morgan fingerprint density at radius 2 is 1.77 bits per heavy atom. The van der Waals surface area contributed by atoms with Gasteiger partial charge in [0.1, 0.15) is 23.6 Å². The van der Waals surface area contributed by atoms with E-state index in [9.17, 15) is 0 Å². The topological polar surface area (TPSA) is 31.4 Å². The predicted molar refractivity (Wildman–Crippen MR) is 132 cm³/mol.